The molecule has 0 saturated heterocycles. The molecule has 1 atom stereocenters. The molecule has 4 aromatic rings. The van der Waals surface area contributed by atoms with Gasteiger partial charge in [0.05, 0.1) is 11.1 Å². The number of nitrogens with one attached hydrogen (secondary N) is 1. The van der Waals surface area contributed by atoms with Crippen molar-refractivity contribution in [1.82, 2.24) is 9.97 Å². The molecule has 0 amide bonds. The average molecular weight is 445 g/mol. The highest BCUT2D eigenvalue weighted by Gasteiger charge is 2.21. The highest BCUT2D eigenvalue weighted by atomic mass is 35.5. The minimum Gasteiger partial charge on any atom is -0.505 e. The number of aromatic hydroxyl groups is 1. The van der Waals surface area contributed by atoms with Gasteiger partial charge in [0.1, 0.15) is 17.1 Å². The van der Waals surface area contributed by atoms with E-state index in [0.29, 0.717) is 32.0 Å². The summed E-state index contributed by atoms with van der Waals surface area (Å²) in [6, 6.07) is 14.1. The zero-order valence-electron chi connectivity index (χ0n) is 15.3. The van der Waals surface area contributed by atoms with Crippen LogP contribution in [0.3, 0.4) is 0 Å². The van der Waals surface area contributed by atoms with Crippen LogP contribution in [0.25, 0.3) is 10.9 Å². The molecule has 0 aliphatic rings. The topological polar surface area (TPSA) is 58.0 Å². The van der Waals surface area contributed by atoms with E-state index in [1.807, 2.05) is 37.3 Å². The summed E-state index contributed by atoms with van der Waals surface area (Å²) in [5, 5.41) is 16.8. The van der Waals surface area contributed by atoms with E-state index in [-0.39, 0.29) is 5.75 Å². The molecule has 2 aromatic carbocycles. The zero-order valence-corrected chi connectivity index (χ0v) is 17.6. The number of hydrogen-bond acceptors (Lipinski definition) is 4. The molecule has 0 spiro atoms. The molecule has 0 radical (unpaired) electrons. The SMILES string of the molecule is Cc1cc(NC(c2cc(Cl)cc(Cl)c2)c2ccc3cccnc3c2O)ncc1Cl. The molecule has 7 heteroatoms. The summed E-state index contributed by atoms with van der Waals surface area (Å²) in [6.45, 7) is 1.90. The molecule has 29 heavy (non-hydrogen) atoms. The lowest BCUT2D eigenvalue weighted by molar-refractivity contribution is 0.471. The van der Waals surface area contributed by atoms with Crippen LogP contribution in [0.15, 0.2) is 60.9 Å². The first-order chi connectivity index (χ1) is 13.9. The quantitative estimate of drug-likeness (QED) is 0.363. The zero-order chi connectivity index (χ0) is 20.5. The number of aromatic nitrogens is 2. The smallest absolute Gasteiger partial charge is 0.147 e. The van der Waals surface area contributed by atoms with Gasteiger partial charge in [0.25, 0.3) is 0 Å². The predicted molar refractivity (Wildman–Crippen MR) is 119 cm³/mol. The number of fused-ring (bicyclic) bond motifs is 1. The number of phenols is 1. The Balaban J connectivity index is 1.88. The fraction of sp³-hybridized carbons (Fsp3) is 0.0909. The number of rotatable bonds is 4. The van der Waals surface area contributed by atoms with Crippen LogP contribution in [0.2, 0.25) is 15.1 Å². The second-order valence-corrected chi connectivity index (χ2v) is 7.96. The van der Waals surface area contributed by atoms with Crippen molar-refractivity contribution < 1.29 is 5.11 Å². The Morgan fingerprint density at radius 1 is 0.966 bits per heavy atom. The van der Waals surface area contributed by atoms with Crippen molar-refractivity contribution in [1.29, 1.82) is 0 Å². The van der Waals surface area contributed by atoms with E-state index < -0.39 is 6.04 Å². The van der Waals surface area contributed by atoms with Gasteiger partial charge >= 0.3 is 0 Å². The molecule has 0 aliphatic carbocycles. The van der Waals surface area contributed by atoms with Crippen LogP contribution in [0.4, 0.5) is 5.82 Å². The number of halogens is 3. The van der Waals surface area contributed by atoms with Gasteiger partial charge in [-0.15, -0.1) is 0 Å². The van der Waals surface area contributed by atoms with Crippen LogP contribution in [-0.2, 0) is 0 Å². The van der Waals surface area contributed by atoms with Gasteiger partial charge in [-0.3, -0.25) is 4.98 Å². The molecule has 2 heterocycles. The van der Waals surface area contributed by atoms with E-state index >= 15 is 0 Å². The molecular weight excluding hydrogens is 429 g/mol. The van der Waals surface area contributed by atoms with Crippen LogP contribution < -0.4 is 5.32 Å². The predicted octanol–water partition coefficient (Wildman–Crippen LogP) is 6.81. The van der Waals surface area contributed by atoms with E-state index in [1.54, 1.807) is 30.6 Å². The molecule has 0 saturated carbocycles. The third kappa shape index (κ3) is 4.10. The average Bonchev–Trinajstić information content (AvgIpc) is 2.69. The fourth-order valence-electron chi connectivity index (χ4n) is 3.23. The first kappa shape index (κ1) is 19.8. The van der Waals surface area contributed by atoms with Gasteiger partial charge in [-0.05, 0) is 48.4 Å². The molecule has 4 nitrogen and oxygen atoms in total. The maximum Gasteiger partial charge on any atom is 0.147 e. The van der Waals surface area contributed by atoms with Crippen LogP contribution in [0, 0.1) is 6.92 Å². The minimum absolute atomic E-state index is 0.0855. The number of phenolic OH excluding ortho intramolecular Hbond substituents is 1. The second kappa shape index (κ2) is 8.07. The molecule has 0 bridgehead atoms. The first-order valence-corrected chi connectivity index (χ1v) is 9.97. The van der Waals surface area contributed by atoms with Gasteiger partial charge in [0, 0.05) is 33.4 Å². The van der Waals surface area contributed by atoms with Crippen LogP contribution in [0.5, 0.6) is 5.75 Å². The summed E-state index contributed by atoms with van der Waals surface area (Å²) in [7, 11) is 0. The van der Waals surface area contributed by atoms with Gasteiger partial charge in [-0.2, -0.15) is 0 Å². The van der Waals surface area contributed by atoms with Crippen molar-refractivity contribution in [2.24, 2.45) is 0 Å². The number of nitrogens with zero attached hydrogens (tertiary/aromatic N) is 2. The van der Waals surface area contributed by atoms with Crippen LogP contribution in [0.1, 0.15) is 22.7 Å². The first-order valence-electron chi connectivity index (χ1n) is 8.83. The van der Waals surface area contributed by atoms with Crippen molar-refractivity contribution in [2.75, 3.05) is 5.32 Å². The van der Waals surface area contributed by atoms with E-state index in [1.165, 1.54) is 0 Å². The van der Waals surface area contributed by atoms with E-state index in [2.05, 4.69) is 15.3 Å². The van der Waals surface area contributed by atoms with Gasteiger partial charge in [-0.25, -0.2) is 4.98 Å². The van der Waals surface area contributed by atoms with Gasteiger partial charge in [-0.1, -0.05) is 53.0 Å². The molecular formula is C22H16Cl3N3O. The summed E-state index contributed by atoms with van der Waals surface area (Å²) in [5.41, 5.74) is 2.81. The molecule has 0 aliphatic heterocycles. The maximum atomic E-state index is 11.0. The molecule has 0 fully saturated rings. The van der Waals surface area contributed by atoms with E-state index in [4.69, 9.17) is 34.8 Å². The Morgan fingerprint density at radius 3 is 2.45 bits per heavy atom. The maximum absolute atomic E-state index is 11.0. The van der Waals surface area contributed by atoms with Crippen molar-refractivity contribution >= 4 is 51.5 Å². The Hall–Kier alpha value is -2.53. The highest BCUT2D eigenvalue weighted by molar-refractivity contribution is 6.34. The lowest BCUT2D eigenvalue weighted by Gasteiger charge is -2.22. The Labute approximate surface area is 183 Å². The Kier molecular flexibility index (Phi) is 5.50. The van der Waals surface area contributed by atoms with Crippen LogP contribution in [-0.4, -0.2) is 15.1 Å². The summed E-state index contributed by atoms with van der Waals surface area (Å²) in [6.07, 6.45) is 3.23. The summed E-state index contributed by atoms with van der Waals surface area (Å²) in [5.74, 6) is 0.691. The lowest BCUT2D eigenvalue weighted by Crippen LogP contribution is -2.14. The van der Waals surface area contributed by atoms with Gasteiger partial charge < -0.3 is 10.4 Å². The van der Waals surface area contributed by atoms with Crippen LogP contribution >= 0.6 is 34.8 Å². The van der Waals surface area contributed by atoms with Crippen molar-refractivity contribution in [3.05, 3.63) is 92.7 Å². The Bertz CT molecular complexity index is 1190. The van der Waals surface area contributed by atoms with Gasteiger partial charge in [0.15, 0.2) is 0 Å². The summed E-state index contributed by atoms with van der Waals surface area (Å²) >= 11 is 18.6. The van der Waals surface area contributed by atoms with Crippen molar-refractivity contribution in [3.8, 4) is 5.75 Å². The Morgan fingerprint density at radius 2 is 1.72 bits per heavy atom. The summed E-state index contributed by atoms with van der Waals surface area (Å²) in [4.78, 5) is 8.68. The van der Waals surface area contributed by atoms with Gasteiger partial charge in [0.2, 0.25) is 0 Å². The van der Waals surface area contributed by atoms with Crippen molar-refractivity contribution in [3.63, 3.8) is 0 Å². The van der Waals surface area contributed by atoms with Crippen molar-refractivity contribution in [2.45, 2.75) is 13.0 Å². The number of anilines is 1. The minimum atomic E-state index is -0.467. The van der Waals surface area contributed by atoms with E-state index in [0.717, 1.165) is 16.5 Å². The summed E-state index contributed by atoms with van der Waals surface area (Å²) < 4.78 is 0. The van der Waals surface area contributed by atoms with E-state index in [9.17, 15) is 5.11 Å². The molecule has 4 rings (SSSR count). The molecule has 1 unspecified atom stereocenters. The number of hydrogen-bond donors (Lipinski definition) is 2. The molecule has 2 N–H and O–H groups in total. The standard InChI is InChI=1S/C22H16Cl3N3O/c1-12-7-19(27-11-18(12)25)28-20(14-8-15(23)10-16(24)9-14)17-5-4-13-3-2-6-26-21(13)22(17)29/h2-11,20,29H,1H3,(H,27,28). The second-order valence-electron chi connectivity index (χ2n) is 6.68. The third-order valence-electron chi connectivity index (χ3n) is 4.65. The monoisotopic (exact) mass is 443 g/mol. The number of aryl methyl sites for hydroxylation is 1. The highest BCUT2D eigenvalue weighted by Crippen LogP contribution is 2.38. The largest absolute Gasteiger partial charge is 0.505 e. The number of pyridine rings is 2. The number of benzene rings is 2. The normalized spacial score (nSPS) is 12.1. The molecule has 2 aromatic heterocycles. The lowest BCUT2D eigenvalue weighted by atomic mass is 9.96. The molecule has 146 valence electrons. The fourth-order valence-corrected chi connectivity index (χ4v) is 3.87. The third-order valence-corrected chi connectivity index (χ3v) is 5.48.